The van der Waals surface area contributed by atoms with Gasteiger partial charge in [0.2, 0.25) is 0 Å². The minimum atomic E-state index is -1.25. The molecule has 0 spiro atoms. The van der Waals surface area contributed by atoms with Gasteiger partial charge in [-0.05, 0) is 30.3 Å². The van der Waals surface area contributed by atoms with Gasteiger partial charge in [-0.3, -0.25) is 4.79 Å². The lowest BCUT2D eigenvalue weighted by Gasteiger charge is -2.09. The van der Waals surface area contributed by atoms with E-state index >= 15 is 0 Å². The van der Waals surface area contributed by atoms with Gasteiger partial charge in [-0.2, -0.15) is 0 Å². The Morgan fingerprint density at radius 3 is 2.33 bits per heavy atom. The van der Waals surface area contributed by atoms with Crippen LogP contribution in [0.2, 0.25) is 0 Å². The Morgan fingerprint density at radius 1 is 1.10 bits per heavy atom. The number of carbonyl (C=O) groups is 2. The number of nitrogens with one attached hydrogen (secondary N) is 1. The van der Waals surface area contributed by atoms with Gasteiger partial charge < -0.3 is 21.3 Å². The van der Waals surface area contributed by atoms with Gasteiger partial charge >= 0.3 is 5.97 Å². The maximum atomic E-state index is 12.1. The maximum absolute atomic E-state index is 12.1. The second-order valence-electron chi connectivity index (χ2n) is 4.22. The van der Waals surface area contributed by atoms with Crippen molar-refractivity contribution < 1.29 is 19.8 Å². The molecule has 2 aromatic carbocycles. The fourth-order valence-electron chi connectivity index (χ4n) is 1.73. The molecule has 0 aliphatic rings. The molecule has 0 radical (unpaired) electrons. The molecule has 2 rings (SSSR count). The Morgan fingerprint density at radius 2 is 1.76 bits per heavy atom. The number of amides is 1. The average molecular weight is 351 g/mol. The van der Waals surface area contributed by atoms with Crippen LogP contribution in [-0.2, 0) is 0 Å². The Kier molecular flexibility index (Phi) is 4.13. The first-order valence-electron chi connectivity index (χ1n) is 5.81. The zero-order valence-electron chi connectivity index (χ0n) is 10.6. The van der Waals surface area contributed by atoms with Gasteiger partial charge in [0.05, 0.1) is 5.56 Å². The first-order chi connectivity index (χ1) is 9.88. The molecule has 0 fully saturated rings. The molecule has 0 atom stereocenters. The molecule has 6 nitrogen and oxygen atoms in total. The molecule has 7 heteroatoms. The number of carboxylic acids is 1. The molecule has 0 saturated heterocycles. The van der Waals surface area contributed by atoms with Crippen molar-refractivity contribution in [2.45, 2.75) is 0 Å². The predicted molar refractivity (Wildman–Crippen MR) is 81.6 cm³/mol. The molecule has 21 heavy (non-hydrogen) atoms. The van der Waals surface area contributed by atoms with Crippen molar-refractivity contribution in [2.75, 3.05) is 11.1 Å². The minimum Gasteiger partial charge on any atom is -0.507 e. The third-order valence-electron chi connectivity index (χ3n) is 2.74. The largest absolute Gasteiger partial charge is 0.507 e. The fraction of sp³-hybridized carbons (Fsp3) is 0. The van der Waals surface area contributed by atoms with Crippen LogP contribution in [0.5, 0.6) is 5.75 Å². The first kappa shape index (κ1) is 14.9. The van der Waals surface area contributed by atoms with Crippen LogP contribution in [0.25, 0.3) is 0 Å². The number of hydrogen-bond acceptors (Lipinski definition) is 4. The molecule has 2 aromatic rings. The van der Waals surface area contributed by atoms with Crippen molar-refractivity contribution >= 4 is 39.2 Å². The van der Waals surface area contributed by atoms with Crippen LogP contribution in [0.3, 0.4) is 0 Å². The summed E-state index contributed by atoms with van der Waals surface area (Å²) >= 11 is 3.24. The number of nitrogens with two attached hydrogens (primary N) is 1. The van der Waals surface area contributed by atoms with Gasteiger partial charge in [0.15, 0.2) is 0 Å². The first-order valence-corrected chi connectivity index (χ1v) is 6.60. The highest BCUT2D eigenvalue weighted by Gasteiger charge is 2.13. The molecule has 5 N–H and O–H groups in total. The Balaban J connectivity index is 2.23. The number of anilines is 2. The lowest BCUT2D eigenvalue weighted by molar-refractivity contribution is 0.0693. The number of aromatic hydroxyl groups is 1. The molecule has 108 valence electrons. The third kappa shape index (κ3) is 3.32. The van der Waals surface area contributed by atoms with E-state index < -0.39 is 17.6 Å². The van der Waals surface area contributed by atoms with E-state index in [0.29, 0.717) is 5.69 Å². The zero-order valence-corrected chi connectivity index (χ0v) is 12.2. The van der Waals surface area contributed by atoms with Crippen molar-refractivity contribution in [1.82, 2.24) is 0 Å². The molecular formula is C14H11BrN2O4. The molecule has 0 aliphatic carbocycles. The zero-order chi connectivity index (χ0) is 15.6. The summed E-state index contributed by atoms with van der Waals surface area (Å²) in [6, 6.07) is 8.58. The van der Waals surface area contributed by atoms with E-state index in [1.165, 1.54) is 12.1 Å². The second kappa shape index (κ2) is 5.84. The number of nitrogen functional groups attached to an aromatic ring is 1. The van der Waals surface area contributed by atoms with Crippen molar-refractivity contribution in [1.29, 1.82) is 0 Å². The summed E-state index contributed by atoms with van der Waals surface area (Å²) in [5.41, 5.74) is 6.36. The fourth-order valence-corrected chi connectivity index (χ4v) is 2.11. The van der Waals surface area contributed by atoms with E-state index in [2.05, 4.69) is 21.2 Å². The van der Waals surface area contributed by atoms with E-state index in [4.69, 9.17) is 10.8 Å². The van der Waals surface area contributed by atoms with E-state index in [1.54, 1.807) is 18.2 Å². The third-order valence-corrected chi connectivity index (χ3v) is 3.24. The van der Waals surface area contributed by atoms with E-state index in [0.717, 1.165) is 10.5 Å². The normalized spacial score (nSPS) is 10.1. The summed E-state index contributed by atoms with van der Waals surface area (Å²) in [6.45, 7) is 0. The SMILES string of the molecule is Nc1cc(Br)ccc1C(=O)Nc1ccc(C(=O)O)c(O)c1. The summed E-state index contributed by atoms with van der Waals surface area (Å²) in [5, 5.41) is 20.9. The van der Waals surface area contributed by atoms with E-state index in [1.807, 2.05) is 0 Å². The van der Waals surface area contributed by atoms with Crippen LogP contribution < -0.4 is 11.1 Å². The Hall–Kier alpha value is -2.54. The highest BCUT2D eigenvalue weighted by molar-refractivity contribution is 9.10. The topological polar surface area (TPSA) is 113 Å². The van der Waals surface area contributed by atoms with E-state index in [-0.39, 0.29) is 16.8 Å². The smallest absolute Gasteiger partial charge is 0.339 e. The van der Waals surface area contributed by atoms with Gasteiger partial charge in [-0.1, -0.05) is 15.9 Å². The van der Waals surface area contributed by atoms with Crippen LogP contribution in [0.15, 0.2) is 40.9 Å². The van der Waals surface area contributed by atoms with Crippen molar-refractivity contribution in [3.05, 3.63) is 52.0 Å². The summed E-state index contributed by atoms with van der Waals surface area (Å²) in [6.07, 6.45) is 0. The molecule has 1 amide bonds. The number of halogens is 1. The maximum Gasteiger partial charge on any atom is 0.339 e. The summed E-state index contributed by atoms with van der Waals surface area (Å²) in [4.78, 5) is 22.9. The van der Waals surface area contributed by atoms with Gasteiger partial charge in [-0.25, -0.2) is 4.79 Å². The molecule has 0 saturated carbocycles. The number of rotatable bonds is 3. The summed E-state index contributed by atoms with van der Waals surface area (Å²) in [5.74, 6) is -2.13. The van der Waals surface area contributed by atoms with Gasteiger partial charge in [0.1, 0.15) is 11.3 Å². The van der Waals surface area contributed by atoms with Crippen LogP contribution >= 0.6 is 15.9 Å². The second-order valence-corrected chi connectivity index (χ2v) is 5.14. The monoisotopic (exact) mass is 350 g/mol. The molecule has 0 heterocycles. The van der Waals surface area contributed by atoms with Crippen LogP contribution in [0.1, 0.15) is 20.7 Å². The highest BCUT2D eigenvalue weighted by Crippen LogP contribution is 2.24. The summed E-state index contributed by atoms with van der Waals surface area (Å²) in [7, 11) is 0. The van der Waals surface area contributed by atoms with E-state index in [9.17, 15) is 14.7 Å². The number of hydrogen-bond donors (Lipinski definition) is 4. The van der Waals surface area contributed by atoms with Crippen LogP contribution in [0, 0.1) is 0 Å². The van der Waals surface area contributed by atoms with Gasteiger partial charge in [0.25, 0.3) is 5.91 Å². The van der Waals surface area contributed by atoms with Gasteiger partial charge in [-0.15, -0.1) is 0 Å². The Labute approximate surface area is 128 Å². The van der Waals surface area contributed by atoms with Gasteiger partial charge in [0, 0.05) is 21.9 Å². The lowest BCUT2D eigenvalue weighted by atomic mass is 10.1. The molecule has 0 bridgehead atoms. The minimum absolute atomic E-state index is 0.240. The number of benzene rings is 2. The molecule has 0 unspecified atom stereocenters. The molecular weight excluding hydrogens is 340 g/mol. The Bertz CT molecular complexity index is 731. The molecule has 0 aliphatic heterocycles. The number of phenols is 1. The lowest BCUT2D eigenvalue weighted by Crippen LogP contribution is -2.14. The van der Waals surface area contributed by atoms with Crippen LogP contribution in [0.4, 0.5) is 11.4 Å². The number of aromatic carboxylic acids is 1. The number of carboxylic acid groups (broad SMARTS) is 1. The van der Waals surface area contributed by atoms with Crippen molar-refractivity contribution in [3.63, 3.8) is 0 Å². The van der Waals surface area contributed by atoms with Crippen molar-refractivity contribution in [3.8, 4) is 5.75 Å². The highest BCUT2D eigenvalue weighted by atomic mass is 79.9. The number of carbonyl (C=O) groups excluding carboxylic acids is 1. The predicted octanol–water partition coefficient (Wildman–Crippen LogP) is 2.69. The molecule has 0 aromatic heterocycles. The average Bonchev–Trinajstić information content (AvgIpc) is 2.37. The van der Waals surface area contributed by atoms with Crippen LogP contribution in [-0.4, -0.2) is 22.1 Å². The quantitative estimate of drug-likeness (QED) is 0.635. The van der Waals surface area contributed by atoms with Crippen molar-refractivity contribution in [2.24, 2.45) is 0 Å². The standard InChI is InChI=1S/C14H11BrN2O4/c15-7-1-3-9(11(16)5-7)13(19)17-8-2-4-10(14(20)21)12(18)6-8/h1-6,18H,16H2,(H,17,19)(H,20,21). The summed E-state index contributed by atoms with van der Waals surface area (Å²) < 4.78 is 0.750.